The fourth-order valence-electron chi connectivity index (χ4n) is 4.11. The van der Waals surface area contributed by atoms with Gasteiger partial charge in [-0.25, -0.2) is 14.2 Å². The van der Waals surface area contributed by atoms with E-state index < -0.39 is 5.97 Å². The summed E-state index contributed by atoms with van der Waals surface area (Å²) in [4.78, 5) is 37.1. The first kappa shape index (κ1) is 21.6. The molecule has 1 amide bonds. The van der Waals surface area contributed by atoms with Crippen LogP contribution in [0.5, 0.6) is 0 Å². The average molecular weight is 458 g/mol. The van der Waals surface area contributed by atoms with Gasteiger partial charge in [-0.15, -0.1) is 0 Å². The highest BCUT2D eigenvalue weighted by atomic mass is 19.1. The molecule has 1 fully saturated rings. The van der Waals surface area contributed by atoms with Gasteiger partial charge < -0.3 is 19.5 Å². The molecular weight excluding hydrogens is 435 g/mol. The van der Waals surface area contributed by atoms with Gasteiger partial charge >= 0.3 is 5.97 Å². The Morgan fingerprint density at radius 1 is 0.912 bits per heavy atom. The van der Waals surface area contributed by atoms with Crippen LogP contribution in [0.4, 0.5) is 10.1 Å². The average Bonchev–Trinajstić information content (AvgIpc) is 3.32. The number of benzene rings is 3. The van der Waals surface area contributed by atoms with Crippen molar-refractivity contribution in [1.82, 2.24) is 14.9 Å². The number of fused-ring (bicyclic) bond motifs is 1. The van der Waals surface area contributed by atoms with Gasteiger partial charge in [-0.2, -0.15) is 0 Å². The molecule has 172 valence electrons. The lowest BCUT2D eigenvalue weighted by atomic mass is 10.1. The topological polar surface area (TPSA) is 78.5 Å². The van der Waals surface area contributed by atoms with Gasteiger partial charge in [-0.05, 0) is 42.5 Å². The molecule has 0 bridgehead atoms. The number of anilines is 1. The van der Waals surface area contributed by atoms with Gasteiger partial charge in [0.05, 0.1) is 16.6 Å². The van der Waals surface area contributed by atoms with Crippen molar-refractivity contribution in [3.63, 3.8) is 0 Å². The van der Waals surface area contributed by atoms with E-state index in [0.717, 1.165) is 16.7 Å². The molecule has 0 unspecified atom stereocenters. The van der Waals surface area contributed by atoms with Crippen LogP contribution >= 0.6 is 0 Å². The minimum atomic E-state index is -0.575. The number of aromatic nitrogens is 2. The van der Waals surface area contributed by atoms with Crippen LogP contribution in [0.15, 0.2) is 72.8 Å². The second kappa shape index (κ2) is 9.35. The number of carbonyl (C=O) groups is 2. The van der Waals surface area contributed by atoms with Crippen LogP contribution in [0.3, 0.4) is 0 Å². The molecule has 0 atom stereocenters. The Morgan fingerprint density at radius 2 is 1.62 bits per heavy atom. The SMILES string of the molecule is O=C(OCC(=O)N1CCN(c2ccc(F)cc2)CC1)c1ccccc1-c1nc2ccccc2[nH]1. The predicted octanol–water partition coefficient (Wildman–Crippen LogP) is 3.87. The van der Waals surface area contributed by atoms with Crippen LogP contribution in [-0.4, -0.2) is 59.5 Å². The summed E-state index contributed by atoms with van der Waals surface area (Å²) >= 11 is 0. The van der Waals surface area contributed by atoms with Crippen LogP contribution < -0.4 is 4.90 Å². The number of esters is 1. The number of piperazine rings is 1. The second-order valence-electron chi connectivity index (χ2n) is 8.07. The van der Waals surface area contributed by atoms with E-state index in [4.69, 9.17) is 4.74 Å². The summed E-state index contributed by atoms with van der Waals surface area (Å²) in [6.45, 7) is 1.93. The molecule has 0 spiro atoms. The molecule has 8 heteroatoms. The number of carbonyl (C=O) groups excluding carboxylic acids is 2. The van der Waals surface area contributed by atoms with Gasteiger partial charge in [0.1, 0.15) is 11.6 Å². The molecule has 4 aromatic rings. The fourth-order valence-corrected chi connectivity index (χ4v) is 4.11. The molecular formula is C26H23FN4O3. The van der Waals surface area contributed by atoms with E-state index in [-0.39, 0.29) is 18.3 Å². The van der Waals surface area contributed by atoms with Crippen molar-refractivity contribution in [2.75, 3.05) is 37.7 Å². The Labute approximate surface area is 195 Å². The van der Waals surface area contributed by atoms with E-state index in [1.807, 2.05) is 30.3 Å². The molecule has 7 nitrogen and oxygen atoms in total. The summed E-state index contributed by atoms with van der Waals surface area (Å²) in [5.74, 6) is -0.527. The summed E-state index contributed by atoms with van der Waals surface area (Å²) in [5, 5.41) is 0. The predicted molar refractivity (Wildman–Crippen MR) is 127 cm³/mol. The number of ether oxygens (including phenoxy) is 1. The molecule has 1 aliphatic rings. The molecule has 1 saturated heterocycles. The molecule has 1 aliphatic heterocycles. The van der Waals surface area contributed by atoms with Crippen LogP contribution in [0.1, 0.15) is 10.4 Å². The van der Waals surface area contributed by atoms with Gasteiger partial charge in [-0.1, -0.05) is 30.3 Å². The number of rotatable bonds is 5. The van der Waals surface area contributed by atoms with Gasteiger partial charge in [0, 0.05) is 37.4 Å². The van der Waals surface area contributed by atoms with Gasteiger partial charge in [0.2, 0.25) is 0 Å². The van der Waals surface area contributed by atoms with Crippen LogP contribution in [0, 0.1) is 5.82 Å². The van der Waals surface area contributed by atoms with E-state index in [2.05, 4.69) is 14.9 Å². The molecule has 0 saturated carbocycles. The number of amides is 1. The summed E-state index contributed by atoms with van der Waals surface area (Å²) < 4.78 is 18.5. The minimum absolute atomic E-state index is 0.242. The number of hydrogen-bond donors (Lipinski definition) is 1. The number of para-hydroxylation sites is 2. The van der Waals surface area contributed by atoms with Crippen molar-refractivity contribution >= 4 is 28.6 Å². The number of nitrogens with zero attached hydrogens (tertiary/aromatic N) is 3. The van der Waals surface area contributed by atoms with Crippen LogP contribution in [0.2, 0.25) is 0 Å². The van der Waals surface area contributed by atoms with Crippen molar-refractivity contribution < 1.29 is 18.7 Å². The Bertz CT molecular complexity index is 1290. The summed E-state index contributed by atoms with van der Waals surface area (Å²) in [5.41, 5.74) is 3.55. The highest BCUT2D eigenvalue weighted by Gasteiger charge is 2.23. The van der Waals surface area contributed by atoms with E-state index in [9.17, 15) is 14.0 Å². The first-order chi connectivity index (χ1) is 16.6. The Balaban J connectivity index is 1.20. The lowest BCUT2D eigenvalue weighted by molar-refractivity contribution is -0.134. The number of H-pyrrole nitrogens is 1. The zero-order valence-electron chi connectivity index (χ0n) is 18.4. The summed E-state index contributed by atoms with van der Waals surface area (Å²) in [7, 11) is 0. The quantitative estimate of drug-likeness (QED) is 0.460. The highest BCUT2D eigenvalue weighted by molar-refractivity contribution is 5.98. The normalized spacial score (nSPS) is 13.8. The van der Waals surface area contributed by atoms with E-state index in [0.29, 0.717) is 43.1 Å². The fraction of sp³-hybridized carbons (Fsp3) is 0.192. The standard InChI is InChI=1S/C26H23FN4O3/c27-18-9-11-19(12-10-18)30-13-15-31(16-14-30)24(32)17-34-26(33)21-6-2-1-5-20(21)25-28-22-7-3-4-8-23(22)29-25/h1-12H,13-17H2,(H,28,29). The van der Waals surface area contributed by atoms with Gasteiger partial charge in [0.15, 0.2) is 6.61 Å². The van der Waals surface area contributed by atoms with Crippen molar-refractivity contribution in [3.8, 4) is 11.4 Å². The lowest BCUT2D eigenvalue weighted by Gasteiger charge is -2.36. The minimum Gasteiger partial charge on any atom is -0.452 e. The molecule has 1 aromatic heterocycles. The number of imidazole rings is 1. The maximum Gasteiger partial charge on any atom is 0.339 e. The molecule has 34 heavy (non-hydrogen) atoms. The molecule has 0 aliphatic carbocycles. The van der Waals surface area contributed by atoms with Gasteiger partial charge in [-0.3, -0.25) is 4.79 Å². The van der Waals surface area contributed by atoms with Gasteiger partial charge in [0.25, 0.3) is 5.91 Å². The van der Waals surface area contributed by atoms with Crippen molar-refractivity contribution in [3.05, 3.63) is 84.2 Å². The van der Waals surface area contributed by atoms with Crippen molar-refractivity contribution in [2.45, 2.75) is 0 Å². The Hall–Kier alpha value is -4.20. The first-order valence-corrected chi connectivity index (χ1v) is 11.1. The number of nitrogens with one attached hydrogen (secondary N) is 1. The highest BCUT2D eigenvalue weighted by Crippen LogP contribution is 2.24. The van der Waals surface area contributed by atoms with Crippen LogP contribution in [-0.2, 0) is 9.53 Å². The smallest absolute Gasteiger partial charge is 0.339 e. The third-order valence-corrected chi connectivity index (χ3v) is 5.94. The number of hydrogen-bond acceptors (Lipinski definition) is 5. The zero-order valence-corrected chi connectivity index (χ0v) is 18.4. The third kappa shape index (κ3) is 4.47. The first-order valence-electron chi connectivity index (χ1n) is 11.1. The van der Waals surface area contributed by atoms with E-state index in [1.165, 1.54) is 12.1 Å². The molecule has 2 heterocycles. The molecule has 5 rings (SSSR count). The number of aromatic amines is 1. The monoisotopic (exact) mass is 458 g/mol. The second-order valence-corrected chi connectivity index (χ2v) is 8.07. The lowest BCUT2D eigenvalue weighted by Crippen LogP contribution is -2.49. The van der Waals surface area contributed by atoms with Crippen molar-refractivity contribution in [2.24, 2.45) is 0 Å². The maximum atomic E-state index is 13.1. The maximum absolute atomic E-state index is 13.1. The Morgan fingerprint density at radius 3 is 2.38 bits per heavy atom. The third-order valence-electron chi connectivity index (χ3n) is 5.94. The summed E-state index contributed by atoms with van der Waals surface area (Å²) in [6, 6.07) is 21.0. The van der Waals surface area contributed by atoms with E-state index in [1.54, 1.807) is 35.2 Å². The summed E-state index contributed by atoms with van der Waals surface area (Å²) in [6.07, 6.45) is 0. The Kier molecular flexibility index (Phi) is 5.95. The van der Waals surface area contributed by atoms with Crippen LogP contribution in [0.25, 0.3) is 22.4 Å². The largest absolute Gasteiger partial charge is 0.452 e. The molecule has 1 N–H and O–H groups in total. The number of halogens is 1. The van der Waals surface area contributed by atoms with Crippen molar-refractivity contribution in [1.29, 1.82) is 0 Å². The van der Waals surface area contributed by atoms with E-state index >= 15 is 0 Å². The zero-order chi connectivity index (χ0) is 23.5. The molecule has 0 radical (unpaired) electrons. The molecule has 3 aromatic carbocycles.